The fraction of sp³-hybridized carbons (Fsp3) is 0.158. The molecule has 5 nitrogen and oxygen atoms in total. The van der Waals surface area contributed by atoms with Crippen LogP contribution in [-0.4, -0.2) is 17.4 Å². The molecular formula is C19H18FN3O2. The standard InChI is InChI=1S/C19H18FN3O2/c20-16-5-3-14(4-6-16)7-9-21-18-12-15(8-10-22-18)19(24)23-13-17-2-1-11-25-17/h1-6,8,10-12H,7,9,13H2,(H,21,22)(H,23,24). The van der Waals surface area contributed by atoms with Gasteiger partial charge in [-0.3, -0.25) is 4.79 Å². The third-order valence-corrected chi connectivity index (χ3v) is 3.66. The van der Waals surface area contributed by atoms with E-state index in [0.29, 0.717) is 30.2 Å². The number of hydrogen-bond acceptors (Lipinski definition) is 4. The Bertz CT molecular complexity index is 817. The van der Waals surface area contributed by atoms with Crippen LogP contribution < -0.4 is 10.6 Å². The van der Waals surface area contributed by atoms with Gasteiger partial charge in [0, 0.05) is 18.3 Å². The molecule has 1 aromatic carbocycles. The van der Waals surface area contributed by atoms with Gasteiger partial charge in [0.05, 0.1) is 12.8 Å². The molecule has 0 fully saturated rings. The van der Waals surface area contributed by atoms with Crippen molar-refractivity contribution < 1.29 is 13.6 Å². The lowest BCUT2D eigenvalue weighted by Crippen LogP contribution is -2.22. The molecule has 0 atom stereocenters. The number of benzene rings is 1. The predicted molar refractivity (Wildman–Crippen MR) is 92.7 cm³/mol. The number of rotatable bonds is 7. The number of furan rings is 1. The van der Waals surface area contributed by atoms with E-state index >= 15 is 0 Å². The van der Waals surface area contributed by atoms with Crippen LogP contribution >= 0.6 is 0 Å². The van der Waals surface area contributed by atoms with Gasteiger partial charge in [-0.1, -0.05) is 12.1 Å². The molecule has 6 heteroatoms. The number of nitrogens with zero attached hydrogens (tertiary/aromatic N) is 1. The Hall–Kier alpha value is -3.15. The third-order valence-electron chi connectivity index (χ3n) is 3.66. The number of carbonyl (C=O) groups excluding carboxylic acids is 1. The smallest absolute Gasteiger partial charge is 0.251 e. The van der Waals surface area contributed by atoms with Crippen LogP contribution in [0.4, 0.5) is 10.2 Å². The Labute approximate surface area is 144 Å². The number of amides is 1. The molecular weight excluding hydrogens is 321 g/mol. The molecule has 2 N–H and O–H groups in total. The van der Waals surface area contributed by atoms with Crippen LogP contribution in [0.25, 0.3) is 0 Å². The van der Waals surface area contributed by atoms with E-state index in [1.165, 1.54) is 12.1 Å². The van der Waals surface area contributed by atoms with Crippen molar-refractivity contribution in [1.82, 2.24) is 10.3 Å². The maximum Gasteiger partial charge on any atom is 0.251 e. The molecule has 0 saturated carbocycles. The van der Waals surface area contributed by atoms with Gasteiger partial charge in [-0.15, -0.1) is 0 Å². The highest BCUT2D eigenvalue weighted by Gasteiger charge is 2.07. The van der Waals surface area contributed by atoms with Gasteiger partial charge < -0.3 is 15.1 Å². The summed E-state index contributed by atoms with van der Waals surface area (Å²) in [5.74, 6) is 0.875. The predicted octanol–water partition coefficient (Wildman–Crippen LogP) is 3.40. The van der Waals surface area contributed by atoms with Gasteiger partial charge in [0.15, 0.2) is 0 Å². The summed E-state index contributed by atoms with van der Waals surface area (Å²) in [6, 6.07) is 13.3. The van der Waals surface area contributed by atoms with Gasteiger partial charge in [0.1, 0.15) is 17.4 Å². The van der Waals surface area contributed by atoms with Crippen LogP contribution in [0.2, 0.25) is 0 Å². The van der Waals surface area contributed by atoms with Crippen LogP contribution in [0.3, 0.4) is 0 Å². The maximum atomic E-state index is 12.9. The van der Waals surface area contributed by atoms with Crippen LogP contribution in [0.5, 0.6) is 0 Å². The van der Waals surface area contributed by atoms with Crippen LogP contribution in [-0.2, 0) is 13.0 Å². The van der Waals surface area contributed by atoms with E-state index in [-0.39, 0.29) is 11.7 Å². The van der Waals surface area contributed by atoms with Crippen molar-refractivity contribution in [2.75, 3.05) is 11.9 Å². The summed E-state index contributed by atoms with van der Waals surface area (Å²) < 4.78 is 18.1. The molecule has 0 unspecified atom stereocenters. The summed E-state index contributed by atoms with van der Waals surface area (Å²) in [5, 5.41) is 5.96. The second-order valence-corrected chi connectivity index (χ2v) is 5.50. The van der Waals surface area contributed by atoms with E-state index in [9.17, 15) is 9.18 Å². The summed E-state index contributed by atoms with van der Waals surface area (Å²) in [5.41, 5.74) is 1.55. The van der Waals surface area contributed by atoms with Gasteiger partial charge in [0.2, 0.25) is 0 Å². The molecule has 0 bridgehead atoms. The fourth-order valence-electron chi connectivity index (χ4n) is 2.34. The summed E-state index contributed by atoms with van der Waals surface area (Å²) in [7, 11) is 0. The molecule has 0 aliphatic rings. The van der Waals surface area contributed by atoms with Gasteiger partial charge in [-0.25, -0.2) is 9.37 Å². The second-order valence-electron chi connectivity index (χ2n) is 5.50. The SMILES string of the molecule is O=C(NCc1ccco1)c1ccnc(NCCc2ccc(F)cc2)c1. The zero-order valence-corrected chi connectivity index (χ0v) is 13.5. The normalized spacial score (nSPS) is 10.4. The van der Waals surface area contributed by atoms with Crippen molar-refractivity contribution in [2.24, 2.45) is 0 Å². The highest BCUT2D eigenvalue weighted by molar-refractivity contribution is 5.94. The maximum absolute atomic E-state index is 12.9. The average molecular weight is 339 g/mol. The zero-order valence-electron chi connectivity index (χ0n) is 13.5. The summed E-state index contributed by atoms with van der Waals surface area (Å²) >= 11 is 0. The Balaban J connectivity index is 1.51. The van der Waals surface area contributed by atoms with Crippen molar-refractivity contribution in [2.45, 2.75) is 13.0 Å². The minimum absolute atomic E-state index is 0.194. The van der Waals surface area contributed by atoms with Crippen molar-refractivity contribution in [1.29, 1.82) is 0 Å². The van der Waals surface area contributed by atoms with Crippen molar-refractivity contribution in [3.8, 4) is 0 Å². The molecule has 0 aliphatic heterocycles. The quantitative estimate of drug-likeness (QED) is 0.692. The molecule has 0 aliphatic carbocycles. The highest BCUT2D eigenvalue weighted by atomic mass is 19.1. The first-order valence-corrected chi connectivity index (χ1v) is 7.96. The summed E-state index contributed by atoms with van der Waals surface area (Å²) in [4.78, 5) is 16.4. The molecule has 25 heavy (non-hydrogen) atoms. The number of anilines is 1. The molecule has 128 valence electrons. The number of carbonyl (C=O) groups is 1. The summed E-state index contributed by atoms with van der Waals surface area (Å²) in [6.45, 7) is 0.970. The minimum Gasteiger partial charge on any atom is -0.467 e. The number of aromatic nitrogens is 1. The zero-order chi connectivity index (χ0) is 17.5. The van der Waals surface area contributed by atoms with E-state index in [1.54, 1.807) is 48.9 Å². The molecule has 2 aromatic heterocycles. The third kappa shape index (κ3) is 4.91. The Morgan fingerprint density at radius 3 is 2.76 bits per heavy atom. The molecule has 3 aromatic rings. The van der Waals surface area contributed by atoms with E-state index in [1.807, 2.05) is 0 Å². The molecule has 2 heterocycles. The van der Waals surface area contributed by atoms with Crippen LogP contribution in [0.1, 0.15) is 21.7 Å². The number of halogens is 1. The lowest BCUT2D eigenvalue weighted by atomic mass is 10.1. The van der Waals surface area contributed by atoms with E-state index in [2.05, 4.69) is 15.6 Å². The van der Waals surface area contributed by atoms with Crippen LogP contribution in [0, 0.1) is 5.82 Å². The Kier molecular flexibility index (Phi) is 5.41. The molecule has 0 saturated heterocycles. The molecule has 0 spiro atoms. The van der Waals surface area contributed by atoms with Crippen LogP contribution in [0.15, 0.2) is 65.4 Å². The molecule has 3 rings (SSSR count). The number of hydrogen-bond donors (Lipinski definition) is 2. The van der Waals surface area contributed by atoms with Crippen molar-refractivity contribution in [3.05, 3.63) is 83.7 Å². The second kappa shape index (κ2) is 8.10. The van der Waals surface area contributed by atoms with E-state index in [0.717, 1.165) is 12.0 Å². The number of nitrogens with one attached hydrogen (secondary N) is 2. The first-order valence-electron chi connectivity index (χ1n) is 7.96. The first-order chi connectivity index (χ1) is 12.2. The summed E-state index contributed by atoms with van der Waals surface area (Å²) in [6.07, 6.45) is 3.88. The number of pyridine rings is 1. The fourth-order valence-corrected chi connectivity index (χ4v) is 2.34. The van der Waals surface area contributed by atoms with E-state index < -0.39 is 0 Å². The minimum atomic E-state index is -0.244. The average Bonchev–Trinajstić information content (AvgIpc) is 3.15. The highest BCUT2D eigenvalue weighted by Crippen LogP contribution is 2.09. The first kappa shape index (κ1) is 16.7. The van der Waals surface area contributed by atoms with Crippen molar-refractivity contribution in [3.63, 3.8) is 0 Å². The Morgan fingerprint density at radius 2 is 2.00 bits per heavy atom. The van der Waals surface area contributed by atoms with Gasteiger partial charge >= 0.3 is 0 Å². The monoisotopic (exact) mass is 339 g/mol. The lowest BCUT2D eigenvalue weighted by Gasteiger charge is -2.08. The lowest BCUT2D eigenvalue weighted by molar-refractivity contribution is 0.0948. The topological polar surface area (TPSA) is 67.2 Å². The largest absolute Gasteiger partial charge is 0.467 e. The van der Waals surface area contributed by atoms with Gasteiger partial charge in [0.25, 0.3) is 5.91 Å². The Morgan fingerprint density at radius 1 is 1.16 bits per heavy atom. The van der Waals surface area contributed by atoms with Crippen molar-refractivity contribution >= 4 is 11.7 Å². The van der Waals surface area contributed by atoms with Gasteiger partial charge in [-0.05, 0) is 48.4 Å². The van der Waals surface area contributed by atoms with E-state index in [4.69, 9.17) is 4.42 Å². The molecule has 0 radical (unpaired) electrons. The van der Waals surface area contributed by atoms with Gasteiger partial charge in [-0.2, -0.15) is 0 Å². The molecule has 1 amide bonds.